The highest BCUT2D eigenvalue weighted by Crippen LogP contribution is 2.39. The van der Waals surface area contributed by atoms with Crippen LogP contribution in [0.5, 0.6) is 0 Å². The molecular formula is C24H24N4O2S2. The summed E-state index contributed by atoms with van der Waals surface area (Å²) in [6, 6.07) is 12.9. The number of nitrogens with one attached hydrogen (secondary N) is 2. The van der Waals surface area contributed by atoms with Gasteiger partial charge in [-0.25, -0.2) is 4.98 Å². The minimum absolute atomic E-state index is 0.160. The van der Waals surface area contributed by atoms with Gasteiger partial charge in [0.1, 0.15) is 0 Å². The van der Waals surface area contributed by atoms with Crippen molar-refractivity contribution in [2.45, 2.75) is 36.6 Å². The summed E-state index contributed by atoms with van der Waals surface area (Å²) in [6.45, 7) is 7.02. The maximum absolute atomic E-state index is 12.8. The van der Waals surface area contributed by atoms with Crippen molar-refractivity contribution in [3.05, 3.63) is 64.7 Å². The van der Waals surface area contributed by atoms with Crippen molar-refractivity contribution in [2.75, 3.05) is 23.3 Å². The minimum Gasteiger partial charge on any atom is -0.348 e. The van der Waals surface area contributed by atoms with E-state index in [1.807, 2.05) is 36.5 Å². The number of fused-ring (bicyclic) bond motifs is 2. The lowest BCUT2D eigenvalue weighted by Crippen LogP contribution is -2.23. The van der Waals surface area contributed by atoms with Crippen molar-refractivity contribution in [1.82, 2.24) is 10.3 Å². The minimum atomic E-state index is -0.175. The van der Waals surface area contributed by atoms with Crippen LogP contribution in [-0.4, -0.2) is 29.9 Å². The van der Waals surface area contributed by atoms with Gasteiger partial charge in [-0.3, -0.25) is 9.59 Å². The number of hydrogen-bond donors (Lipinski definition) is 2. The fourth-order valence-corrected chi connectivity index (χ4v) is 5.86. The molecule has 1 saturated heterocycles. The number of carbonyl (C=O) groups is 2. The molecule has 3 aromatic rings. The predicted molar refractivity (Wildman–Crippen MR) is 129 cm³/mol. The molecule has 1 fully saturated rings. The van der Waals surface area contributed by atoms with Gasteiger partial charge in [-0.2, -0.15) is 0 Å². The zero-order valence-electron chi connectivity index (χ0n) is 18.0. The molecule has 2 aliphatic heterocycles. The van der Waals surface area contributed by atoms with Crippen LogP contribution >= 0.6 is 23.1 Å². The first-order chi connectivity index (χ1) is 15.4. The normalized spacial score (nSPS) is 16.7. The standard InChI is InChI=1S/C24H24N4O2S2/c1-24(2)9-10-28(14-24)23-26-13-16(31-23)12-25-21(29)15-7-8-20-18(11-15)27-22(30)17-5-3-4-6-19(17)32-20/h3-8,11,13H,9-10,12,14H2,1-2H3,(H,25,29)(H,27,30). The van der Waals surface area contributed by atoms with E-state index in [-0.39, 0.29) is 11.8 Å². The number of thiazole rings is 1. The second-order valence-electron chi connectivity index (χ2n) is 8.89. The summed E-state index contributed by atoms with van der Waals surface area (Å²) in [4.78, 5) is 35.1. The predicted octanol–water partition coefficient (Wildman–Crippen LogP) is 5.03. The third-order valence-corrected chi connectivity index (χ3v) is 7.96. The Hall–Kier alpha value is -2.84. The maximum Gasteiger partial charge on any atom is 0.256 e. The second kappa shape index (κ2) is 8.26. The van der Waals surface area contributed by atoms with Crippen LogP contribution < -0.4 is 15.5 Å². The number of benzene rings is 2. The topological polar surface area (TPSA) is 74.3 Å². The molecule has 0 aliphatic carbocycles. The number of carbonyl (C=O) groups excluding carboxylic acids is 2. The first kappa shape index (κ1) is 21.0. The van der Waals surface area contributed by atoms with Crippen molar-refractivity contribution in [3.63, 3.8) is 0 Å². The van der Waals surface area contributed by atoms with Crippen LogP contribution in [0.15, 0.2) is 58.5 Å². The van der Waals surface area contributed by atoms with Gasteiger partial charge in [0.25, 0.3) is 11.8 Å². The van der Waals surface area contributed by atoms with E-state index in [2.05, 4.69) is 34.4 Å². The lowest BCUT2D eigenvalue weighted by atomic mass is 9.93. The van der Waals surface area contributed by atoms with Crippen molar-refractivity contribution >= 4 is 45.7 Å². The van der Waals surface area contributed by atoms with Crippen LogP contribution in [-0.2, 0) is 6.54 Å². The van der Waals surface area contributed by atoms with Crippen LogP contribution in [0.2, 0.25) is 0 Å². The fraction of sp³-hybridized carbons (Fsp3) is 0.292. The third kappa shape index (κ3) is 4.25. The van der Waals surface area contributed by atoms with Crippen LogP contribution in [0.4, 0.5) is 10.8 Å². The van der Waals surface area contributed by atoms with Gasteiger partial charge in [0.15, 0.2) is 5.13 Å². The van der Waals surface area contributed by atoms with Gasteiger partial charge < -0.3 is 15.5 Å². The van der Waals surface area contributed by atoms with E-state index in [1.165, 1.54) is 11.8 Å². The first-order valence-corrected chi connectivity index (χ1v) is 12.2. The van der Waals surface area contributed by atoms with Crippen molar-refractivity contribution in [2.24, 2.45) is 5.41 Å². The molecule has 2 N–H and O–H groups in total. The van der Waals surface area contributed by atoms with E-state index in [1.54, 1.807) is 23.5 Å². The number of anilines is 2. The van der Waals surface area contributed by atoms with E-state index in [0.717, 1.165) is 39.3 Å². The van der Waals surface area contributed by atoms with E-state index >= 15 is 0 Å². The summed E-state index contributed by atoms with van der Waals surface area (Å²) in [7, 11) is 0. The molecule has 0 bridgehead atoms. The molecule has 164 valence electrons. The molecule has 2 amide bonds. The number of aromatic nitrogens is 1. The number of nitrogens with zero attached hydrogens (tertiary/aromatic N) is 2. The van der Waals surface area contributed by atoms with Crippen LogP contribution in [0.1, 0.15) is 45.9 Å². The second-order valence-corrected chi connectivity index (χ2v) is 11.1. The summed E-state index contributed by atoms with van der Waals surface area (Å²) in [6.07, 6.45) is 3.01. The van der Waals surface area contributed by atoms with E-state index < -0.39 is 0 Å². The average Bonchev–Trinajstić information content (AvgIpc) is 3.36. The van der Waals surface area contributed by atoms with Gasteiger partial charge in [0.05, 0.1) is 17.8 Å². The van der Waals surface area contributed by atoms with Gasteiger partial charge in [-0.15, -0.1) is 11.3 Å². The maximum atomic E-state index is 12.8. The number of amides is 2. The first-order valence-electron chi connectivity index (χ1n) is 10.6. The molecule has 32 heavy (non-hydrogen) atoms. The summed E-state index contributed by atoms with van der Waals surface area (Å²) >= 11 is 3.15. The quantitative estimate of drug-likeness (QED) is 0.567. The Morgan fingerprint density at radius 3 is 2.88 bits per heavy atom. The highest BCUT2D eigenvalue weighted by Gasteiger charge is 2.30. The molecular weight excluding hydrogens is 440 g/mol. The highest BCUT2D eigenvalue weighted by molar-refractivity contribution is 7.99. The Labute approximate surface area is 195 Å². The van der Waals surface area contributed by atoms with Gasteiger partial charge in [-0.1, -0.05) is 37.7 Å². The van der Waals surface area contributed by atoms with Crippen molar-refractivity contribution in [1.29, 1.82) is 0 Å². The molecule has 5 rings (SSSR count). The average molecular weight is 465 g/mol. The van der Waals surface area contributed by atoms with Crippen molar-refractivity contribution in [3.8, 4) is 0 Å². The molecule has 2 aromatic carbocycles. The Kier molecular flexibility index (Phi) is 5.43. The monoisotopic (exact) mass is 464 g/mol. The SMILES string of the molecule is CC1(C)CCN(c2ncc(CNC(=O)c3ccc4c(c3)NC(=O)c3ccccc3S4)s2)C1. The van der Waals surface area contributed by atoms with E-state index in [4.69, 9.17) is 0 Å². The molecule has 3 heterocycles. The molecule has 0 spiro atoms. The smallest absolute Gasteiger partial charge is 0.256 e. The summed E-state index contributed by atoms with van der Waals surface area (Å²) in [5, 5.41) is 6.93. The zero-order valence-corrected chi connectivity index (χ0v) is 19.6. The zero-order chi connectivity index (χ0) is 22.3. The fourth-order valence-electron chi connectivity index (χ4n) is 3.98. The van der Waals surface area contributed by atoms with E-state index in [9.17, 15) is 9.59 Å². The van der Waals surface area contributed by atoms with Crippen LogP contribution in [0.3, 0.4) is 0 Å². The Balaban J connectivity index is 1.25. The summed E-state index contributed by atoms with van der Waals surface area (Å²) in [5.74, 6) is -0.335. The summed E-state index contributed by atoms with van der Waals surface area (Å²) in [5.41, 5.74) is 2.13. The lowest BCUT2D eigenvalue weighted by Gasteiger charge is -2.18. The summed E-state index contributed by atoms with van der Waals surface area (Å²) < 4.78 is 0. The van der Waals surface area contributed by atoms with E-state index in [0.29, 0.717) is 28.8 Å². The van der Waals surface area contributed by atoms with Gasteiger partial charge in [0, 0.05) is 39.5 Å². The molecule has 0 atom stereocenters. The number of hydrogen-bond acceptors (Lipinski definition) is 6. The number of rotatable bonds is 4. The molecule has 2 aliphatic rings. The molecule has 8 heteroatoms. The molecule has 0 radical (unpaired) electrons. The Bertz CT molecular complexity index is 1200. The van der Waals surface area contributed by atoms with Gasteiger partial charge >= 0.3 is 0 Å². The van der Waals surface area contributed by atoms with Crippen LogP contribution in [0, 0.1) is 5.41 Å². The van der Waals surface area contributed by atoms with Gasteiger partial charge in [0.2, 0.25) is 0 Å². The Morgan fingerprint density at radius 1 is 1.22 bits per heavy atom. The molecule has 6 nitrogen and oxygen atoms in total. The third-order valence-electron chi connectivity index (χ3n) is 5.75. The van der Waals surface area contributed by atoms with Crippen molar-refractivity contribution < 1.29 is 9.59 Å². The highest BCUT2D eigenvalue weighted by atomic mass is 32.2. The molecule has 1 aromatic heterocycles. The Morgan fingerprint density at radius 2 is 2.06 bits per heavy atom. The largest absolute Gasteiger partial charge is 0.348 e. The lowest BCUT2D eigenvalue weighted by molar-refractivity contribution is 0.0949. The van der Waals surface area contributed by atoms with Crippen LogP contribution in [0.25, 0.3) is 0 Å². The molecule has 0 unspecified atom stereocenters. The van der Waals surface area contributed by atoms with Gasteiger partial charge in [-0.05, 0) is 42.2 Å². The molecule has 0 saturated carbocycles.